The lowest BCUT2D eigenvalue weighted by Crippen LogP contribution is -2.41. The van der Waals surface area contributed by atoms with E-state index < -0.39 is 0 Å². The van der Waals surface area contributed by atoms with Crippen LogP contribution >= 0.6 is 24.0 Å². The molecule has 0 aromatic carbocycles. The van der Waals surface area contributed by atoms with Gasteiger partial charge in [0.25, 0.3) is 0 Å². The zero-order valence-corrected chi connectivity index (χ0v) is 16.2. The van der Waals surface area contributed by atoms with E-state index in [4.69, 9.17) is 9.73 Å². The van der Waals surface area contributed by atoms with E-state index in [2.05, 4.69) is 29.0 Å². The van der Waals surface area contributed by atoms with E-state index in [0.717, 1.165) is 64.9 Å². The van der Waals surface area contributed by atoms with Crippen molar-refractivity contribution >= 4 is 29.9 Å². The number of nitrogens with zero attached hydrogens (tertiary/aromatic N) is 3. The second-order valence-electron chi connectivity index (χ2n) is 6.10. The van der Waals surface area contributed by atoms with E-state index in [1.165, 1.54) is 0 Å². The number of morpholine rings is 1. The molecular weight excluding hydrogens is 395 g/mol. The van der Waals surface area contributed by atoms with Crippen molar-refractivity contribution in [3.8, 4) is 0 Å². The van der Waals surface area contributed by atoms with Crippen molar-refractivity contribution in [1.82, 2.24) is 15.1 Å². The van der Waals surface area contributed by atoms with Crippen LogP contribution < -0.4 is 5.32 Å². The Labute approximate surface area is 151 Å². The summed E-state index contributed by atoms with van der Waals surface area (Å²) in [5.41, 5.74) is 0. The van der Waals surface area contributed by atoms with Crippen molar-refractivity contribution < 1.29 is 9.84 Å². The van der Waals surface area contributed by atoms with Gasteiger partial charge in [0.1, 0.15) is 0 Å². The Morgan fingerprint density at radius 1 is 1.36 bits per heavy atom. The van der Waals surface area contributed by atoms with Crippen molar-refractivity contribution in [3.05, 3.63) is 0 Å². The lowest BCUT2D eigenvalue weighted by molar-refractivity contribution is 0.0323. The number of β-amino-alcohol motifs (C(OH)–C–C–N with tert-alkyl or cyclic N) is 1. The quantitative estimate of drug-likeness (QED) is 0.383. The Morgan fingerprint density at radius 2 is 2.09 bits per heavy atom. The van der Waals surface area contributed by atoms with Crippen LogP contribution in [0, 0.1) is 5.92 Å². The minimum Gasteiger partial charge on any atom is -0.391 e. The maximum absolute atomic E-state index is 9.67. The number of aliphatic hydroxyl groups excluding tert-OH is 1. The number of likely N-dealkylation sites (tertiary alicyclic amines) is 1. The van der Waals surface area contributed by atoms with Gasteiger partial charge in [-0.25, -0.2) is 0 Å². The Balaban J connectivity index is 0.00000242. The molecule has 2 fully saturated rings. The van der Waals surface area contributed by atoms with Crippen LogP contribution in [0.25, 0.3) is 0 Å². The fourth-order valence-corrected chi connectivity index (χ4v) is 2.88. The highest BCUT2D eigenvalue weighted by atomic mass is 127. The number of aliphatic hydroxyl groups is 1. The monoisotopic (exact) mass is 426 g/mol. The van der Waals surface area contributed by atoms with Crippen LogP contribution in [-0.4, -0.2) is 86.0 Å². The van der Waals surface area contributed by atoms with E-state index in [9.17, 15) is 5.11 Å². The number of ether oxygens (including phenoxy) is 1. The van der Waals surface area contributed by atoms with Gasteiger partial charge in [-0.1, -0.05) is 6.92 Å². The van der Waals surface area contributed by atoms with Crippen LogP contribution in [0.15, 0.2) is 4.99 Å². The van der Waals surface area contributed by atoms with Crippen LogP contribution in [-0.2, 0) is 4.74 Å². The third-order valence-corrected chi connectivity index (χ3v) is 4.02. The summed E-state index contributed by atoms with van der Waals surface area (Å²) in [6.07, 6.45) is 0.632. The molecule has 130 valence electrons. The van der Waals surface area contributed by atoms with E-state index in [0.29, 0.717) is 12.5 Å². The van der Waals surface area contributed by atoms with Gasteiger partial charge in [0.15, 0.2) is 5.96 Å². The first kappa shape index (κ1) is 19.9. The average Bonchev–Trinajstić information content (AvgIpc) is 2.91. The molecule has 0 aromatic rings. The molecular formula is C15H31IN4O2. The molecule has 2 aliphatic rings. The van der Waals surface area contributed by atoms with E-state index >= 15 is 0 Å². The van der Waals surface area contributed by atoms with Crippen molar-refractivity contribution in [2.45, 2.75) is 26.4 Å². The standard InChI is InChI=1S/C15H30N4O2.HI/c1-3-16-15(19-5-4-14(20)12-19)17-10-13(2)11-18-6-8-21-9-7-18;/h13-14,20H,3-12H2,1-2H3,(H,16,17);1H/t13?,14-;/m1./s1. The van der Waals surface area contributed by atoms with Gasteiger partial charge in [-0.2, -0.15) is 0 Å². The summed E-state index contributed by atoms with van der Waals surface area (Å²) in [7, 11) is 0. The van der Waals surface area contributed by atoms with Gasteiger partial charge in [0, 0.05) is 45.8 Å². The number of rotatable bonds is 5. The summed E-state index contributed by atoms with van der Waals surface area (Å²) in [4.78, 5) is 9.37. The zero-order valence-electron chi connectivity index (χ0n) is 13.8. The molecule has 2 atom stereocenters. The fraction of sp³-hybridized carbons (Fsp3) is 0.933. The molecule has 0 aromatic heterocycles. The largest absolute Gasteiger partial charge is 0.391 e. The minimum absolute atomic E-state index is 0. The van der Waals surface area contributed by atoms with Gasteiger partial charge in [-0.3, -0.25) is 9.89 Å². The maximum Gasteiger partial charge on any atom is 0.194 e. The Hall–Kier alpha value is -0.120. The summed E-state index contributed by atoms with van der Waals surface area (Å²) in [5, 5.41) is 13.0. The van der Waals surface area contributed by atoms with E-state index in [-0.39, 0.29) is 30.1 Å². The Kier molecular flexibility index (Phi) is 9.62. The lowest BCUT2D eigenvalue weighted by Gasteiger charge is -2.29. The summed E-state index contributed by atoms with van der Waals surface area (Å²) < 4.78 is 5.38. The average molecular weight is 426 g/mol. The fourth-order valence-electron chi connectivity index (χ4n) is 2.88. The third kappa shape index (κ3) is 6.55. The predicted molar refractivity (Wildman–Crippen MR) is 100 cm³/mol. The van der Waals surface area contributed by atoms with Gasteiger partial charge < -0.3 is 20.1 Å². The second-order valence-corrected chi connectivity index (χ2v) is 6.10. The summed E-state index contributed by atoms with van der Waals surface area (Å²) in [5.74, 6) is 1.48. The second kappa shape index (κ2) is 10.6. The predicted octanol–water partition coefficient (Wildman–Crippen LogP) is 0.605. The molecule has 1 unspecified atom stereocenters. The van der Waals surface area contributed by atoms with Gasteiger partial charge in [-0.05, 0) is 19.3 Å². The number of guanidine groups is 1. The normalized spacial score (nSPS) is 25.0. The van der Waals surface area contributed by atoms with Crippen molar-refractivity contribution in [3.63, 3.8) is 0 Å². The Morgan fingerprint density at radius 3 is 2.68 bits per heavy atom. The number of nitrogens with one attached hydrogen (secondary N) is 1. The zero-order chi connectivity index (χ0) is 15.1. The highest BCUT2D eigenvalue weighted by Crippen LogP contribution is 2.10. The first-order chi connectivity index (χ1) is 10.2. The maximum atomic E-state index is 9.67. The van der Waals surface area contributed by atoms with Crippen molar-refractivity contribution in [2.24, 2.45) is 10.9 Å². The topological polar surface area (TPSA) is 60.3 Å². The van der Waals surface area contributed by atoms with Gasteiger partial charge in [-0.15, -0.1) is 24.0 Å². The number of halogens is 1. The SMILES string of the molecule is CCNC(=NCC(C)CN1CCOCC1)N1CC[C@@H](O)C1.I. The smallest absolute Gasteiger partial charge is 0.194 e. The molecule has 0 spiro atoms. The summed E-state index contributed by atoms with van der Waals surface area (Å²) in [6.45, 7) is 12.5. The molecule has 0 bridgehead atoms. The number of hydrogen-bond acceptors (Lipinski definition) is 4. The van der Waals surface area contributed by atoms with Crippen LogP contribution in [0.3, 0.4) is 0 Å². The highest BCUT2D eigenvalue weighted by molar-refractivity contribution is 14.0. The first-order valence-electron chi connectivity index (χ1n) is 8.20. The molecule has 2 rings (SSSR count). The van der Waals surface area contributed by atoms with Gasteiger partial charge in [0.2, 0.25) is 0 Å². The van der Waals surface area contributed by atoms with Crippen LogP contribution in [0.1, 0.15) is 20.3 Å². The summed E-state index contributed by atoms with van der Waals surface area (Å²) in [6, 6.07) is 0. The number of aliphatic imine (C=N–C) groups is 1. The lowest BCUT2D eigenvalue weighted by atomic mass is 10.1. The molecule has 0 aliphatic carbocycles. The Bertz CT molecular complexity index is 338. The van der Waals surface area contributed by atoms with Crippen LogP contribution in [0.5, 0.6) is 0 Å². The molecule has 7 heteroatoms. The van der Waals surface area contributed by atoms with Crippen LogP contribution in [0.2, 0.25) is 0 Å². The van der Waals surface area contributed by atoms with Gasteiger partial charge >= 0.3 is 0 Å². The molecule has 22 heavy (non-hydrogen) atoms. The molecule has 2 aliphatic heterocycles. The summed E-state index contributed by atoms with van der Waals surface area (Å²) >= 11 is 0. The molecule has 6 nitrogen and oxygen atoms in total. The molecule has 2 saturated heterocycles. The highest BCUT2D eigenvalue weighted by Gasteiger charge is 2.23. The van der Waals surface area contributed by atoms with Crippen molar-refractivity contribution in [1.29, 1.82) is 0 Å². The molecule has 0 amide bonds. The molecule has 2 heterocycles. The van der Waals surface area contributed by atoms with Gasteiger partial charge in [0.05, 0.1) is 19.3 Å². The van der Waals surface area contributed by atoms with Crippen LogP contribution in [0.4, 0.5) is 0 Å². The number of hydrogen-bond donors (Lipinski definition) is 2. The minimum atomic E-state index is -0.209. The molecule has 0 saturated carbocycles. The third-order valence-electron chi connectivity index (χ3n) is 4.02. The first-order valence-corrected chi connectivity index (χ1v) is 8.20. The van der Waals surface area contributed by atoms with Crippen molar-refractivity contribution in [2.75, 3.05) is 59.0 Å². The van der Waals surface area contributed by atoms with E-state index in [1.807, 2.05) is 0 Å². The molecule has 0 radical (unpaired) electrons. The molecule has 2 N–H and O–H groups in total. The van der Waals surface area contributed by atoms with E-state index in [1.54, 1.807) is 0 Å².